The Labute approximate surface area is 112 Å². The minimum absolute atomic E-state index is 0.0722. The van der Waals surface area contributed by atoms with Crippen molar-refractivity contribution in [2.75, 3.05) is 5.32 Å². The Morgan fingerprint density at radius 2 is 2.05 bits per heavy atom. The first-order chi connectivity index (χ1) is 8.86. The largest absolute Gasteiger partial charge is 0.478 e. The van der Waals surface area contributed by atoms with Crippen molar-refractivity contribution in [3.05, 3.63) is 29.3 Å². The van der Waals surface area contributed by atoms with Gasteiger partial charge < -0.3 is 16.2 Å². The molecule has 0 spiro atoms. The van der Waals surface area contributed by atoms with Crippen molar-refractivity contribution in [3.8, 4) is 0 Å². The van der Waals surface area contributed by atoms with Crippen molar-refractivity contribution in [1.82, 2.24) is 0 Å². The maximum Gasteiger partial charge on any atom is 0.335 e. The SMILES string of the molecule is CCC(C)C(N)C(=O)Nc1cc(C(=O)O)ccc1C. The zero-order valence-corrected chi connectivity index (χ0v) is 11.4. The fourth-order valence-electron chi connectivity index (χ4n) is 1.62. The molecule has 0 saturated heterocycles. The van der Waals surface area contributed by atoms with E-state index >= 15 is 0 Å². The van der Waals surface area contributed by atoms with Gasteiger partial charge in [0.2, 0.25) is 5.91 Å². The van der Waals surface area contributed by atoms with Gasteiger partial charge in [-0.2, -0.15) is 0 Å². The van der Waals surface area contributed by atoms with Gasteiger partial charge in [-0.3, -0.25) is 4.79 Å². The topological polar surface area (TPSA) is 92.4 Å². The number of carboxylic acid groups (broad SMARTS) is 1. The molecule has 0 bridgehead atoms. The van der Waals surface area contributed by atoms with Crippen molar-refractivity contribution < 1.29 is 14.7 Å². The summed E-state index contributed by atoms with van der Waals surface area (Å²) in [6, 6.07) is 4.01. The molecule has 4 N–H and O–H groups in total. The van der Waals surface area contributed by atoms with Crippen LogP contribution in [0.4, 0.5) is 5.69 Å². The van der Waals surface area contributed by atoms with Gasteiger partial charge in [0.1, 0.15) is 0 Å². The molecule has 0 aromatic heterocycles. The summed E-state index contributed by atoms with van der Waals surface area (Å²) in [5.41, 5.74) is 7.27. The van der Waals surface area contributed by atoms with E-state index in [9.17, 15) is 9.59 Å². The number of amides is 1. The molecule has 2 atom stereocenters. The average molecular weight is 264 g/mol. The van der Waals surface area contributed by atoms with Gasteiger partial charge >= 0.3 is 5.97 Å². The number of benzene rings is 1. The first kappa shape index (κ1) is 15.2. The predicted octanol–water partition coefficient (Wildman–Crippen LogP) is 2.01. The maximum atomic E-state index is 12.0. The number of aromatic carboxylic acids is 1. The normalized spacial score (nSPS) is 13.7. The second kappa shape index (κ2) is 6.33. The second-order valence-electron chi connectivity index (χ2n) is 4.74. The van der Waals surface area contributed by atoms with Crippen LogP contribution in [-0.4, -0.2) is 23.0 Å². The predicted molar refractivity (Wildman–Crippen MR) is 74.2 cm³/mol. The zero-order valence-electron chi connectivity index (χ0n) is 11.4. The standard InChI is InChI=1S/C14H20N2O3/c1-4-8(2)12(15)13(17)16-11-7-10(14(18)19)6-5-9(11)3/h5-8,12H,4,15H2,1-3H3,(H,16,17)(H,18,19). The number of aryl methyl sites for hydroxylation is 1. The average Bonchev–Trinajstić information content (AvgIpc) is 2.38. The molecule has 104 valence electrons. The maximum absolute atomic E-state index is 12.0. The summed E-state index contributed by atoms with van der Waals surface area (Å²) in [7, 11) is 0. The van der Waals surface area contributed by atoms with E-state index in [0.29, 0.717) is 5.69 Å². The van der Waals surface area contributed by atoms with E-state index in [1.54, 1.807) is 13.0 Å². The number of nitrogens with two attached hydrogens (primary N) is 1. The van der Waals surface area contributed by atoms with E-state index in [4.69, 9.17) is 10.8 Å². The Morgan fingerprint density at radius 1 is 1.42 bits per heavy atom. The van der Waals surface area contributed by atoms with E-state index in [-0.39, 0.29) is 17.4 Å². The summed E-state index contributed by atoms with van der Waals surface area (Å²) in [5.74, 6) is -1.25. The molecule has 5 nitrogen and oxygen atoms in total. The summed E-state index contributed by atoms with van der Waals surface area (Å²) in [4.78, 5) is 22.9. The summed E-state index contributed by atoms with van der Waals surface area (Å²) < 4.78 is 0. The van der Waals surface area contributed by atoms with Crippen molar-refractivity contribution >= 4 is 17.6 Å². The molecule has 1 aromatic rings. The van der Waals surface area contributed by atoms with Crippen LogP contribution in [0.25, 0.3) is 0 Å². The molecule has 0 heterocycles. The van der Waals surface area contributed by atoms with Gasteiger partial charge in [-0.05, 0) is 30.5 Å². The highest BCUT2D eigenvalue weighted by atomic mass is 16.4. The van der Waals surface area contributed by atoms with Crippen LogP contribution in [0.3, 0.4) is 0 Å². The van der Waals surface area contributed by atoms with E-state index in [2.05, 4.69) is 5.32 Å². The molecule has 0 radical (unpaired) electrons. The molecule has 19 heavy (non-hydrogen) atoms. The molecule has 0 aliphatic rings. The van der Waals surface area contributed by atoms with Crippen molar-refractivity contribution in [3.63, 3.8) is 0 Å². The molecule has 1 amide bonds. The lowest BCUT2D eigenvalue weighted by Gasteiger charge is -2.18. The molecule has 1 rings (SSSR count). The highest BCUT2D eigenvalue weighted by Crippen LogP contribution is 2.18. The first-order valence-electron chi connectivity index (χ1n) is 6.27. The van der Waals surface area contributed by atoms with Crippen LogP contribution in [0.15, 0.2) is 18.2 Å². The third-order valence-electron chi connectivity index (χ3n) is 3.30. The number of nitrogens with one attached hydrogen (secondary N) is 1. The van der Waals surface area contributed by atoms with Gasteiger partial charge in [-0.25, -0.2) is 4.79 Å². The minimum atomic E-state index is -1.03. The second-order valence-corrected chi connectivity index (χ2v) is 4.74. The van der Waals surface area contributed by atoms with Crippen LogP contribution < -0.4 is 11.1 Å². The van der Waals surface area contributed by atoms with E-state index < -0.39 is 12.0 Å². The molecular formula is C14H20N2O3. The van der Waals surface area contributed by atoms with Crippen LogP contribution in [0.5, 0.6) is 0 Å². The Balaban J connectivity index is 2.90. The Hall–Kier alpha value is -1.88. The Kier molecular flexibility index (Phi) is 5.06. The fourth-order valence-corrected chi connectivity index (χ4v) is 1.62. The van der Waals surface area contributed by atoms with Crippen molar-refractivity contribution in [2.45, 2.75) is 33.2 Å². The molecule has 1 aromatic carbocycles. The Morgan fingerprint density at radius 3 is 2.58 bits per heavy atom. The number of anilines is 1. The van der Waals surface area contributed by atoms with Gasteiger partial charge in [0.05, 0.1) is 11.6 Å². The van der Waals surface area contributed by atoms with Gasteiger partial charge in [0.25, 0.3) is 0 Å². The number of rotatable bonds is 5. The quantitative estimate of drug-likeness (QED) is 0.758. The lowest BCUT2D eigenvalue weighted by atomic mass is 9.99. The molecule has 0 aliphatic heterocycles. The molecule has 5 heteroatoms. The number of hydrogen-bond donors (Lipinski definition) is 3. The third-order valence-corrected chi connectivity index (χ3v) is 3.30. The van der Waals surface area contributed by atoms with Crippen LogP contribution in [0, 0.1) is 12.8 Å². The van der Waals surface area contributed by atoms with Gasteiger partial charge in [-0.15, -0.1) is 0 Å². The van der Waals surface area contributed by atoms with Gasteiger partial charge in [-0.1, -0.05) is 26.3 Å². The molecular weight excluding hydrogens is 244 g/mol. The number of hydrogen-bond acceptors (Lipinski definition) is 3. The highest BCUT2D eigenvalue weighted by Gasteiger charge is 2.20. The van der Waals surface area contributed by atoms with Gasteiger partial charge in [0, 0.05) is 5.69 Å². The van der Waals surface area contributed by atoms with Crippen LogP contribution in [0.1, 0.15) is 36.2 Å². The molecule has 0 aliphatic carbocycles. The lowest BCUT2D eigenvalue weighted by Crippen LogP contribution is -2.40. The summed E-state index contributed by atoms with van der Waals surface area (Å²) in [6.45, 7) is 5.68. The van der Waals surface area contributed by atoms with Crippen molar-refractivity contribution in [2.24, 2.45) is 11.7 Å². The number of carbonyl (C=O) groups is 2. The Bertz CT molecular complexity index is 486. The molecule has 0 saturated carbocycles. The highest BCUT2D eigenvalue weighted by molar-refractivity contribution is 5.97. The molecule has 2 unspecified atom stereocenters. The first-order valence-corrected chi connectivity index (χ1v) is 6.27. The van der Waals surface area contributed by atoms with E-state index in [0.717, 1.165) is 12.0 Å². The summed E-state index contributed by atoms with van der Waals surface area (Å²) >= 11 is 0. The van der Waals surface area contributed by atoms with E-state index in [1.165, 1.54) is 12.1 Å². The lowest BCUT2D eigenvalue weighted by molar-refractivity contribution is -0.118. The van der Waals surface area contributed by atoms with E-state index in [1.807, 2.05) is 13.8 Å². The fraction of sp³-hybridized carbons (Fsp3) is 0.429. The third kappa shape index (κ3) is 3.79. The van der Waals surface area contributed by atoms with Crippen LogP contribution in [0.2, 0.25) is 0 Å². The summed E-state index contributed by atoms with van der Waals surface area (Å²) in [5, 5.41) is 11.6. The smallest absolute Gasteiger partial charge is 0.335 e. The van der Waals surface area contributed by atoms with Crippen LogP contribution in [-0.2, 0) is 4.79 Å². The zero-order chi connectivity index (χ0) is 14.6. The van der Waals surface area contributed by atoms with Crippen LogP contribution >= 0.6 is 0 Å². The minimum Gasteiger partial charge on any atom is -0.478 e. The molecule has 0 fully saturated rings. The van der Waals surface area contributed by atoms with Gasteiger partial charge in [0.15, 0.2) is 0 Å². The number of carbonyl (C=O) groups excluding carboxylic acids is 1. The summed E-state index contributed by atoms with van der Waals surface area (Å²) in [6.07, 6.45) is 0.808. The monoisotopic (exact) mass is 264 g/mol. The number of carboxylic acids is 1. The van der Waals surface area contributed by atoms with Crippen molar-refractivity contribution in [1.29, 1.82) is 0 Å².